The minimum Gasteiger partial charge on any atom is -0.491 e. The van der Waals surface area contributed by atoms with Gasteiger partial charge in [-0.3, -0.25) is 4.90 Å². The molecule has 118 valence electrons. The average molecular weight is 294 g/mol. The maximum Gasteiger partial charge on any atom is 0.119 e. The molecule has 0 radical (unpaired) electrons. The Kier molecular flexibility index (Phi) is 6.95. The van der Waals surface area contributed by atoms with E-state index in [0.717, 1.165) is 45.0 Å². The number of piperazine rings is 1. The number of benzene rings is 1. The lowest BCUT2D eigenvalue weighted by molar-refractivity contribution is 0.0641. The quantitative estimate of drug-likeness (QED) is 0.732. The van der Waals surface area contributed by atoms with E-state index in [2.05, 4.69) is 10.2 Å². The van der Waals surface area contributed by atoms with Crippen LogP contribution < -0.4 is 10.1 Å². The van der Waals surface area contributed by atoms with Crippen LogP contribution in [0.1, 0.15) is 5.56 Å². The molecule has 0 aliphatic carbocycles. The number of rotatable bonds is 8. The van der Waals surface area contributed by atoms with Crippen LogP contribution in [-0.4, -0.2) is 69.2 Å². The predicted octanol–water partition coefficient (Wildman–Crippen LogP) is 0.520. The molecule has 1 aromatic carbocycles. The van der Waals surface area contributed by atoms with E-state index in [-0.39, 0.29) is 0 Å². The Labute approximate surface area is 126 Å². The molecule has 1 atom stereocenters. The van der Waals surface area contributed by atoms with Crippen molar-refractivity contribution < 1.29 is 14.6 Å². The van der Waals surface area contributed by atoms with Crippen molar-refractivity contribution in [3.63, 3.8) is 0 Å². The third kappa shape index (κ3) is 6.01. The number of β-amino-alcohol motifs (C(OH)–C–C–N with tert-alkyl or cyclic N) is 1. The molecular formula is C16H26N2O3. The highest BCUT2D eigenvalue weighted by Crippen LogP contribution is 2.13. The van der Waals surface area contributed by atoms with Crippen LogP contribution in [0, 0.1) is 0 Å². The van der Waals surface area contributed by atoms with E-state index >= 15 is 0 Å². The normalized spacial score (nSPS) is 17.6. The molecule has 0 spiro atoms. The van der Waals surface area contributed by atoms with Gasteiger partial charge in [0.15, 0.2) is 0 Å². The van der Waals surface area contributed by atoms with Crippen LogP contribution in [-0.2, 0) is 11.2 Å². The van der Waals surface area contributed by atoms with Crippen molar-refractivity contribution >= 4 is 0 Å². The standard InChI is InChI=1S/C16H26N2O3/c1-20-11-6-14-2-4-16(5-3-14)21-13-15(19)12-18-9-7-17-8-10-18/h2-5,15,17,19H,6-13H2,1H3. The highest BCUT2D eigenvalue weighted by Gasteiger charge is 2.14. The summed E-state index contributed by atoms with van der Waals surface area (Å²) in [6, 6.07) is 7.97. The third-order valence-electron chi connectivity index (χ3n) is 3.64. The molecule has 1 heterocycles. The van der Waals surface area contributed by atoms with Gasteiger partial charge in [0.25, 0.3) is 0 Å². The Balaban J connectivity index is 1.69. The van der Waals surface area contributed by atoms with Gasteiger partial charge in [-0.2, -0.15) is 0 Å². The first kappa shape index (κ1) is 16.2. The van der Waals surface area contributed by atoms with Crippen molar-refractivity contribution in [2.45, 2.75) is 12.5 Å². The smallest absolute Gasteiger partial charge is 0.119 e. The van der Waals surface area contributed by atoms with E-state index in [1.807, 2.05) is 24.3 Å². The minimum absolute atomic E-state index is 0.335. The largest absolute Gasteiger partial charge is 0.491 e. The van der Waals surface area contributed by atoms with Gasteiger partial charge in [0.2, 0.25) is 0 Å². The Morgan fingerprint density at radius 1 is 1.24 bits per heavy atom. The Morgan fingerprint density at radius 2 is 1.95 bits per heavy atom. The van der Waals surface area contributed by atoms with Gasteiger partial charge in [-0.1, -0.05) is 12.1 Å². The third-order valence-corrected chi connectivity index (χ3v) is 3.64. The van der Waals surface area contributed by atoms with Gasteiger partial charge in [0.05, 0.1) is 6.61 Å². The topological polar surface area (TPSA) is 54.0 Å². The molecule has 1 unspecified atom stereocenters. The second kappa shape index (κ2) is 9.00. The summed E-state index contributed by atoms with van der Waals surface area (Å²) in [5.41, 5.74) is 1.23. The van der Waals surface area contributed by atoms with Crippen LogP contribution >= 0.6 is 0 Å². The van der Waals surface area contributed by atoms with Crippen LogP contribution in [0.25, 0.3) is 0 Å². The number of hydrogen-bond donors (Lipinski definition) is 2. The molecule has 1 fully saturated rings. The summed E-state index contributed by atoms with van der Waals surface area (Å²) in [5, 5.41) is 13.3. The number of methoxy groups -OCH3 is 1. The molecule has 5 nitrogen and oxygen atoms in total. The van der Waals surface area contributed by atoms with Crippen LogP contribution in [0.2, 0.25) is 0 Å². The summed E-state index contributed by atoms with van der Waals surface area (Å²) in [6.07, 6.45) is 0.457. The number of hydrogen-bond acceptors (Lipinski definition) is 5. The fraction of sp³-hybridized carbons (Fsp3) is 0.625. The second-order valence-corrected chi connectivity index (χ2v) is 5.40. The monoisotopic (exact) mass is 294 g/mol. The molecule has 2 rings (SSSR count). The van der Waals surface area contributed by atoms with Crippen molar-refractivity contribution in [2.24, 2.45) is 0 Å². The van der Waals surface area contributed by atoms with Crippen molar-refractivity contribution in [3.8, 4) is 5.75 Å². The number of aliphatic hydroxyl groups is 1. The molecular weight excluding hydrogens is 268 g/mol. The Hall–Kier alpha value is -1.14. The molecule has 2 N–H and O–H groups in total. The molecule has 0 aromatic heterocycles. The van der Waals surface area contributed by atoms with Crippen LogP contribution in [0.5, 0.6) is 5.75 Å². The fourth-order valence-corrected chi connectivity index (χ4v) is 2.41. The molecule has 21 heavy (non-hydrogen) atoms. The predicted molar refractivity (Wildman–Crippen MR) is 82.8 cm³/mol. The summed E-state index contributed by atoms with van der Waals surface area (Å²) in [5.74, 6) is 0.801. The fourth-order valence-electron chi connectivity index (χ4n) is 2.41. The van der Waals surface area contributed by atoms with Crippen LogP contribution in [0.4, 0.5) is 0 Å². The lowest BCUT2D eigenvalue weighted by Gasteiger charge is -2.29. The first-order valence-corrected chi connectivity index (χ1v) is 7.60. The summed E-state index contributed by atoms with van der Waals surface area (Å²) < 4.78 is 10.7. The van der Waals surface area contributed by atoms with Gasteiger partial charge in [0.1, 0.15) is 18.5 Å². The van der Waals surface area contributed by atoms with E-state index in [9.17, 15) is 5.11 Å². The number of nitrogens with one attached hydrogen (secondary N) is 1. The van der Waals surface area contributed by atoms with E-state index < -0.39 is 6.10 Å². The Morgan fingerprint density at radius 3 is 2.62 bits per heavy atom. The molecule has 0 saturated carbocycles. The second-order valence-electron chi connectivity index (χ2n) is 5.40. The lowest BCUT2D eigenvalue weighted by atomic mass is 10.1. The van der Waals surface area contributed by atoms with Crippen molar-refractivity contribution in [2.75, 3.05) is 53.0 Å². The summed E-state index contributed by atoms with van der Waals surface area (Å²) in [4.78, 5) is 2.26. The van der Waals surface area contributed by atoms with Crippen LogP contribution in [0.15, 0.2) is 24.3 Å². The summed E-state index contributed by atoms with van der Waals surface area (Å²) >= 11 is 0. The molecule has 0 amide bonds. The van der Waals surface area contributed by atoms with E-state index in [0.29, 0.717) is 13.2 Å². The van der Waals surface area contributed by atoms with Crippen molar-refractivity contribution in [1.29, 1.82) is 0 Å². The van der Waals surface area contributed by atoms with Gasteiger partial charge in [-0.25, -0.2) is 0 Å². The van der Waals surface area contributed by atoms with Gasteiger partial charge in [-0.15, -0.1) is 0 Å². The zero-order valence-corrected chi connectivity index (χ0v) is 12.8. The molecule has 1 aromatic rings. The van der Waals surface area contributed by atoms with Gasteiger partial charge in [-0.05, 0) is 24.1 Å². The Bertz CT molecular complexity index is 391. The maximum absolute atomic E-state index is 10.0. The number of ether oxygens (including phenoxy) is 2. The van der Waals surface area contributed by atoms with Gasteiger partial charge in [0, 0.05) is 39.8 Å². The van der Waals surface area contributed by atoms with E-state index in [1.54, 1.807) is 7.11 Å². The SMILES string of the molecule is COCCc1ccc(OCC(O)CN2CCNCC2)cc1. The maximum atomic E-state index is 10.0. The molecule has 0 bridgehead atoms. The molecule has 1 aliphatic rings. The zero-order chi connectivity index (χ0) is 14.9. The first-order chi connectivity index (χ1) is 10.3. The molecule has 1 aliphatic heterocycles. The first-order valence-electron chi connectivity index (χ1n) is 7.60. The van der Waals surface area contributed by atoms with Gasteiger partial charge >= 0.3 is 0 Å². The summed E-state index contributed by atoms with van der Waals surface area (Å²) in [6.45, 7) is 5.71. The lowest BCUT2D eigenvalue weighted by Crippen LogP contribution is -2.47. The van der Waals surface area contributed by atoms with Crippen LogP contribution in [0.3, 0.4) is 0 Å². The number of aliphatic hydroxyl groups excluding tert-OH is 1. The zero-order valence-electron chi connectivity index (χ0n) is 12.8. The highest BCUT2D eigenvalue weighted by atomic mass is 16.5. The average Bonchev–Trinajstić information content (AvgIpc) is 2.53. The highest BCUT2D eigenvalue weighted by molar-refractivity contribution is 5.27. The van der Waals surface area contributed by atoms with Crippen molar-refractivity contribution in [1.82, 2.24) is 10.2 Å². The molecule has 1 saturated heterocycles. The van der Waals surface area contributed by atoms with E-state index in [4.69, 9.17) is 9.47 Å². The molecule has 5 heteroatoms. The van der Waals surface area contributed by atoms with Crippen molar-refractivity contribution in [3.05, 3.63) is 29.8 Å². The minimum atomic E-state index is -0.448. The van der Waals surface area contributed by atoms with Gasteiger partial charge < -0.3 is 19.9 Å². The summed E-state index contributed by atoms with van der Waals surface area (Å²) in [7, 11) is 1.71. The van der Waals surface area contributed by atoms with E-state index in [1.165, 1.54) is 5.56 Å². The number of nitrogens with zero attached hydrogens (tertiary/aromatic N) is 1.